The van der Waals surface area contributed by atoms with Crippen LogP contribution in [0.25, 0.3) is 0 Å². The van der Waals surface area contributed by atoms with Gasteiger partial charge in [-0.2, -0.15) is 5.12 Å². The molecular weight excluding hydrogens is 210 g/mol. The van der Waals surface area contributed by atoms with Crippen molar-refractivity contribution in [1.29, 1.82) is 0 Å². The largest absolute Gasteiger partial charge is 0.255 e. The normalized spacial score (nSPS) is 20.1. The second-order valence-electron chi connectivity index (χ2n) is 6.15. The van der Waals surface area contributed by atoms with Crippen LogP contribution in [0.15, 0.2) is 0 Å². The fourth-order valence-corrected chi connectivity index (χ4v) is 2.88. The van der Waals surface area contributed by atoms with E-state index in [-0.39, 0.29) is 0 Å². The molecule has 3 N–H and O–H groups in total. The van der Waals surface area contributed by atoms with Crippen LogP contribution in [0.2, 0.25) is 0 Å². The minimum atomic E-state index is 0.565. The molecule has 3 nitrogen and oxygen atoms in total. The molecule has 1 saturated carbocycles. The Hall–Kier alpha value is -0.120. The molecule has 17 heavy (non-hydrogen) atoms. The Balaban J connectivity index is 2.32. The van der Waals surface area contributed by atoms with E-state index in [1.165, 1.54) is 51.4 Å². The van der Waals surface area contributed by atoms with Gasteiger partial charge in [-0.1, -0.05) is 46.0 Å². The van der Waals surface area contributed by atoms with Crippen molar-refractivity contribution in [1.82, 2.24) is 10.5 Å². The van der Waals surface area contributed by atoms with Crippen LogP contribution in [0.5, 0.6) is 0 Å². The van der Waals surface area contributed by atoms with Crippen molar-refractivity contribution in [3.05, 3.63) is 0 Å². The topological polar surface area (TPSA) is 41.3 Å². The highest BCUT2D eigenvalue weighted by atomic mass is 15.7. The zero-order valence-electron chi connectivity index (χ0n) is 11.9. The Bertz CT molecular complexity index is 186. The van der Waals surface area contributed by atoms with E-state index in [2.05, 4.69) is 19.3 Å². The van der Waals surface area contributed by atoms with Gasteiger partial charge in [0.1, 0.15) is 0 Å². The third kappa shape index (κ3) is 7.02. The van der Waals surface area contributed by atoms with Crippen molar-refractivity contribution in [3.8, 4) is 0 Å². The summed E-state index contributed by atoms with van der Waals surface area (Å²) in [5.74, 6) is 7.44. The summed E-state index contributed by atoms with van der Waals surface area (Å²) in [7, 11) is 1.89. The highest BCUT2D eigenvalue weighted by Gasteiger charge is 2.19. The standard InChI is InChI=1S/C14H31N3/c1-12(2)9-10-14(16-17(3)15)11-13-7-5-4-6-8-13/h12-14,16H,4-11,15H2,1-3H3. The SMILES string of the molecule is CC(C)CCC(CC1CCCCC1)NN(C)N. The van der Waals surface area contributed by atoms with E-state index in [9.17, 15) is 0 Å². The van der Waals surface area contributed by atoms with Gasteiger partial charge in [0.2, 0.25) is 0 Å². The van der Waals surface area contributed by atoms with Crippen LogP contribution in [0.1, 0.15) is 65.2 Å². The lowest BCUT2D eigenvalue weighted by Gasteiger charge is -2.29. The zero-order valence-corrected chi connectivity index (χ0v) is 11.9. The second-order valence-corrected chi connectivity index (χ2v) is 6.15. The van der Waals surface area contributed by atoms with E-state index < -0.39 is 0 Å². The Morgan fingerprint density at radius 3 is 2.35 bits per heavy atom. The first-order valence-electron chi connectivity index (χ1n) is 7.32. The maximum absolute atomic E-state index is 5.73. The molecule has 0 radical (unpaired) electrons. The lowest BCUT2D eigenvalue weighted by atomic mass is 9.83. The fraction of sp³-hybridized carbons (Fsp3) is 1.00. The zero-order chi connectivity index (χ0) is 12.7. The molecule has 0 bridgehead atoms. The van der Waals surface area contributed by atoms with E-state index in [0.29, 0.717) is 6.04 Å². The van der Waals surface area contributed by atoms with Crippen LogP contribution < -0.4 is 11.3 Å². The molecule has 0 aliphatic heterocycles. The predicted octanol–water partition coefficient (Wildman–Crippen LogP) is 3.07. The van der Waals surface area contributed by atoms with Gasteiger partial charge in [-0.25, -0.2) is 5.43 Å². The summed E-state index contributed by atoms with van der Waals surface area (Å²) >= 11 is 0. The van der Waals surface area contributed by atoms with E-state index in [0.717, 1.165) is 11.8 Å². The van der Waals surface area contributed by atoms with Gasteiger partial charge in [-0.3, -0.25) is 5.84 Å². The van der Waals surface area contributed by atoms with Gasteiger partial charge >= 0.3 is 0 Å². The molecule has 1 atom stereocenters. The molecular formula is C14H31N3. The number of nitrogens with zero attached hydrogens (tertiary/aromatic N) is 1. The fourth-order valence-electron chi connectivity index (χ4n) is 2.88. The van der Waals surface area contributed by atoms with Gasteiger partial charge in [0.15, 0.2) is 0 Å². The number of rotatable bonds is 7. The molecule has 3 heteroatoms. The van der Waals surface area contributed by atoms with Crippen molar-refractivity contribution in [2.45, 2.75) is 71.3 Å². The van der Waals surface area contributed by atoms with Crippen LogP contribution in [0.4, 0.5) is 0 Å². The molecule has 1 fully saturated rings. The molecule has 1 aliphatic carbocycles. The molecule has 0 aromatic carbocycles. The first-order valence-corrected chi connectivity index (χ1v) is 7.32. The van der Waals surface area contributed by atoms with E-state index in [1.54, 1.807) is 5.12 Å². The smallest absolute Gasteiger partial charge is 0.0231 e. The molecule has 1 rings (SSSR count). The minimum absolute atomic E-state index is 0.565. The number of hydrazine groups is 2. The molecule has 0 saturated heterocycles. The first kappa shape index (κ1) is 14.9. The second kappa shape index (κ2) is 8.06. The third-order valence-electron chi connectivity index (χ3n) is 3.82. The number of nitrogens with two attached hydrogens (primary N) is 1. The average Bonchev–Trinajstić information content (AvgIpc) is 2.26. The summed E-state index contributed by atoms with van der Waals surface area (Å²) in [6, 6.07) is 0.565. The summed E-state index contributed by atoms with van der Waals surface area (Å²) in [5, 5.41) is 1.63. The number of nitrogens with one attached hydrogen (secondary N) is 1. The quantitative estimate of drug-likeness (QED) is 0.531. The van der Waals surface area contributed by atoms with Crippen LogP contribution in [-0.2, 0) is 0 Å². The maximum atomic E-state index is 5.73. The van der Waals surface area contributed by atoms with Gasteiger partial charge in [0.05, 0.1) is 0 Å². The van der Waals surface area contributed by atoms with Gasteiger partial charge in [0, 0.05) is 13.1 Å². The Kier molecular flexibility index (Phi) is 7.09. The lowest BCUT2D eigenvalue weighted by molar-refractivity contribution is 0.164. The molecule has 0 heterocycles. The van der Waals surface area contributed by atoms with Gasteiger partial charge < -0.3 is 0 Å². The minimum Gasteiger partial charge on any atom is -0.255 e. The summed E-state index contributed by atoms with van der Waals surface area (Å²) in [4.78, 5) is 0. The Morgan fingerprint density at radius 1 is 1.18 bits per heavy atom. The van der Waals surface area contributed by atoms with Crippen LogP contribution in [0.3, 0.4) is 0 Å². The lowest BCUT2D eigenvalue weighted by Crippen LogP contribution is -2.47. The van der Waals surface area contributed by atoms with Crippen molar-refractivity contribution in [2.75, 3.05) is 7.05 Å². The van der Waals surface area contributed by atoms with Crippen molar-refractivity contribution >= 4 is 0 Å². The summed E-state index contributed by atoms with van der Waals surface area (Å²) in [5.41, 5.74) is 3.39. The van der Waals surface area contributed by atoms with Crippen LogP contribution >= 0.6 is 0 Å². The third-order valence-corrected chi connectivity index (χ3v) is 3.82. The molecule has 1 aliphatic rings. The van der Waals surface area contributed by atoms with Crippen LogP contribution in [-0.4, -0.2) is 18.2 Å². The summed E-state index contributed by atoms with van der Waals surface area (Å²) < 4.78 is 0. The van der Waals surface area contributed by atoms with Gasteiger partial charge in [-0.15, -0.1) is 0 Å². The monoisotopic (exact) mass is 241 g/mol. The molecule has 0 amide bonds. The average molecular weight is 241 g/mol. The molecule has 0 aromatic heterocycles. The number of hydrogen-bond acceptors (Lipinski definition) is 3. The van der Waals surface area contributed by atoms with Crippen molar-refractivity contribution < 1.29 is 0 Å². The van der Waals surface area contributed by atoms with Crippen molar-refractivity contribution in [3.63, 3.8) is 0 Å². The molecule has 0 spiro atoms. The maximum Gasteiger partial charge on any atom is 0.0231 e. The highest BCUT2D eigenvalue weighted by Crippen LogP contribution is 2.28. The van der Waals surface area contributed by atoms with Gasteiger partial charge in [0.25, 0.3) is 0 Å². The van der Waals surface area contributed by atoms with E-state index in [1.807, 2.05) is 7.05 Å². The van der Waals surface area contributed by atoms with E-state index >= 15 is 0 Å². The molecule has 0 aromatic rings. The number of hydrogen-bond donors (Lipinski definition) is 2. The van der Waals surface area contributed by atoms with Crippen LogP contribution in [0, 0.1) is 11.8 Å². The summed E-state index contributed by atoms with van der Waals surface area (Å²) in [6.45, 7) is 4.59. The summed E-state index contributed by atoms with van der Waals surface area (Å²) in [6.07, 6.45) is 11.0. The first-order chi connectivity index (χ1) is 8.08. The Morgan fingerprint density at radius 2 is 1.82 bits per heavy atom. The Labute approximate surface area is 107 Å². The van der Waals surface area contributed by atoms with Crippen molar-refractivity contribution in [2.24, 2.45) is 17.7 Å². The predicted molar refractivity (Wildman–Crippen MR) is 74.1 cm³/mol. The van der Waals surface area contributed by atoms with E-state index in [4.69, 9.17) is 5.84 Å². The molecule has 1 unspecified atom stereocenters. The molecule has 102 valence electrons. The highest BCUT2D eigenvalue weighted by molar-refractivity contribution is 4.74. The van der Waals surface area contributed by atoms with Gasteiger partial charge in [-0.05, 0) is 31.1 Å².